The van der Waals surface area contributed by atoms with Crippen molar-refractivity contribution in [3.8, 4) is 0 Å². The van der Waals surface area contributed by atoms with Crippen LogP contribution in [0.25, 0.3) is 0 Å². The molecule has 3 rings (SSSR count). The Balaban J connectivity index is 1.86. The Kier molecular flexibility index (Phi) is 2.15. The van der Waals surface area contributed by atoms with Crippen molar-refractivity contribution in [2.45, 2.75) is 25.2 Å². The largest absolute Gasteiger partial charge is 0.316 e. The van der Waals surface area contributed by atoms with E-state index in [1.54, 1.807) is 0 Å². The maximum atomic E-state index is 11.5. The number of carbonyl (C=O) groups excluding carboxylic acids is 1. The fraction of sp³-hybridized carbons (Fsp3) is 0.500. The van der Waals surface area contributed by atoms with Crippen LogP contribution < -0.4 is 5.32 Å². The molecule has 2 fully saturated rings. The van der Waals surface area contributed by atoms with Crippen LogP contribution in [0.2, 0.25) is 0 Å². The van der Waals surface area contributed by atoms with Gasteiger partial charge in [0, 0.05) is 23.9 Å². The lowest BCUT2D eigenvalue weighted by molar-refractivity contribution is 0.0988. The van der Waals surface area contributed by atoms with E-state index in [1.807, 2.05) is 19.1 Å². The summed E-state index contributed by atoms with van der Waals surface area (Å²) in [5, 5.41) is 3.44. The topological polar surface area (TPSA) is 29.1 Å². The molecular weight excluding hydrogens is 198 g/mol. The van der Waals surface area contributed by atoms with Gasteiger partial charge in [0.25, 0.3) is 0 Å². The molecular formula is C14H17NO. The summed E-state index contributed by atoms with van der Waals surface area (Å²) in [6, 6.07) is 8.28. The van der Waals surface area contributed by atoms with Crippen LogP contribution >= 0.6 is 0 Å². The van der Waals surface area contributed by atoms with E-state index in [9.17, 15) is 4.79 Å². The van der Waals surface area contributed by atoms with Crippen LogP contribution in [0.4, 0.5) is 0 Å². The van der Waals surface area contributed by atoms with Crippen molar-refractivity contribution in [2.75, 3.05) is 13.1 Å². The molecule has 1 aliphatic heterocycles. The Morgan fingerprint density at radius 2 is 2.19 bits per heavy atom. The van der Waals surface area contributed by atoms with Gasteiger partial charge in [-0.25, -0.2) is 0 Å². The molecule has 1 aromatic rings. The Hall–Kier alpha value is -1.15. The monoisotopic (exact) mass is 215 g/mol. The molecule has 1 heterocycles. The molecule has 2 heteroatoms. The van der Waals surface area contributed by atoms with Crippen LogP contribution in [0.1, 0.15) is 35.7 Å². The summed E-state index contributed by atoms with van der Waals surface area (Å²) >= 11 is 0. The summed E-state index contributed by atoms with van der Waals surface area (Å²) in [6.45, 7) is 4.18. The summed E-state index contributed by atoms with van der Waals surface area (Å²) in [6.07, 6.45) is 1.91. The van der Waals surface area contributed by atoms with Gasteiger partial charge in [-0.2, -0.15) is 0 Å². The van der Waals surface area contributed by atoms with Gasteiger partial charge in [0.05, 0.1) is 0 Å². The normalized spacial score (nSPS) is 31.2. The first kappa shape index (κ1) is 10.0. The minimum atomic E-state index is 0.237. The number of hydrogen-bond acceptors (Lipinski definition) is 2. The number of benzene rings is 1. The minimum Gasteiger partial charge on any atom is -0.316 e. The summed E-state index contributed by atoms with van der Waals surface area (Å²) in [5.41, 5.74) is 2.68. The molecule has 1 aliphatic carbocycles. The van der Waals surface area contributed by atoms with Gasteiger partial charge < -0.3 is 5.32 Å². The molecule has 0 aromatic heterocycles. The Morgan fingerprint density at radius 1 is 1.44 bits per heavy atom. The van der Waals surface area contributed by atoms with Crippen LogP contribution in [0.15, 0.2) is 24.3 Å². The first-order valence-corrected chi connectivity index (χ1v) is 6.11. The molecule has 1 N–H and O–H groups in total. The van der Waals surface area contributed by atoms with Gasteiger partial charge >= 0.3 is 0 Å². The molecule has 2 nitrogen and oxygen atoms in total. The zero-order valence-electron chi connectivity index (χ0n) is 9.62. The Morgan fingerprint density at radius 3 is 2.69 bits per heavy atom. The van der Waals surface area contributed by atoms with Gasteiger partial charge in [-0.05, 0) is 24.4 Å². The highest BCUT2D eigenvalue weighted by molar-refractivity contribution is 5.95. The Labute approximate surface area is 96.1 Å². The lowest BCUT2D eigenvalue weighted by Gasteiger charge is -2.12. The number of nitrogens with one attached hydrogen (secondary N) is 1. The minimum absolute atomic E-state index is 0.237. The van der Waals surface area contributed by atoms with Crippen LogP contribution in [0, 0.1) is 5.92 Å². The van der Waals surface area contributed by atoms with Crippen molar-refractivity contribution in [3.05, 3.63) is 35.4 Å². The average molecular weight is 215 g/mol. The van der Waals surface area contributed by atoms with Gasteiger partial charge in [0.15, 0.2) is 5.78 Å². The number of hydrogen-bond donors (Lipinski definition) is 1. The second-order valence-electron chi connectivity index (χ2n) is 5.04. The van der Waals surface area contributed by atoms with Crippen LogP contribution in [-0.4, -0.2) is 18.9 Å². The third kappa shape index (κ3) is 1.33. The highest BCUT2D eigenvalue weighted by Gasteiger charge is 2.57. The molecule has 0 amide bonds. The second-order valence-corrected chi connectivity index (χ2v) is 5.04. The summed E-state index contributed by atoms with van der Waals surface area (Å²) < 4.78 is 0. The summed E-state index contributed by atoms with van der Waals surface area (Å²) in [5.74, 6) is 1.07. The van der Waals surface area contributed by atoms with Gasteiger partial charge in [0.1, 0.15) is 0 Å². The van der Waals surface area contributed by atoms with Crippen molar-refractivity contribution < 1.29 is 4.79 Å². The molecule has 1 saturated heterocycles. The molecule has 0 bridgehead atoms. The van der Waals surface area contributed by atoms with Crippen molar-refractivity contribution >= 4 is 5.78 Å². The fourth-order valence-electron chi connectivity index (χ4n) is 2.98. The summed E-state index contributed by atoms with van der Waals surface area (Å²) in [4.78, 5) is 11.5. The maximum Gasteiger partial charge on any atom is 0.162 e. The van der Waals surface area contributed by atoms with Gasteiger partial charge in [-0.15, -0.1) is 0 Å². The second kappa shape index (κ2) is 3.42. The third-order valence-electron chi connectivity index (χ3n) is 4.17. The number of piperidine rings is 1. The van der Waals surface area contributed by atoms with Crippen molar-refractivity contribution in [1.82, 2.24) is 5.32 Å². The van der Waals surface area contributed by atoms with Crippen molar-refractivity contribution in [3.63, 3.8) is 0 Å². The lowest BCUT2D eigenvalue weighted by atomic mass is 9.93. The van der Waals surface area contributed by atoms with Crippen molar-refractivity contribution in [1.29, 1.82) is 0 Å². The zero-order chi connectivity index (χ0) is 11.2. The van der Waals surface area contributed by atoms with Gasteiger partial charge in [-0.1, -0.05) is 31.2 Å². The zero-order valence-corrected chi connectivity index (χ0v) is 9.62. The van der Waals surface area contributed by atoms with Crippen molar-refractivity contribution in [2.24, 2.45) is 5.92 Å². The van der Waals surface area contributed by atoms with E-state index in [2.05, 4.69) is 17.4 Å². The van der Waals surface area contributed by atoms with E-state index < -0.39 is 0 Å². The summed E-state index contributed by atoms with van der Waals surface area (Å²) in [7, 11) is 0. The smallest absolute Gasteiger partial charge is 0.162 e. The lowest BCUT2D eigenvalue weighted by Crippen LogP contribution is -2.19. The standard InChI is InChI=1S/C14H17NO/c1-2-13(16)10-3-5-11(6-4-10)14-7-12(14)8-15-9-14/h3-6,12,15H,2,7-9H2,1H3. The van der Waals surface area contributed by atoms with Gasteiger partial charge in [0.2, 0.25) is 0 Å². The predicted octanol–water partition coefficient (Wildman–Crippen LogP) is 2.14. The van der Waals surface area contributed by atoms with E-state index in [4.69, 9.17) is 0 Å². The van der Waals surface area contributed by atoms with Crippen LogP contribution in [0.5, 0.6) is 0 Å². The molecule has 1 saturated carbocycles. The van der Waals surface area contributed by atoms with E-state index in [0.717, 1.165) is 24.6 Å². The molecule has 2 aliphatic rings. The number of carbonyl (C=O) groups is 1. The van der Waals surface area contributed by atoms with E-state index in [-0.39, 0.29) is 5.78 Å². The highest BCUT2D eigenvalue weighted by Crippen LogP contribution is 2.56. The highest BCUT2D eigenvalue weighted by atomic mass is 16.1. The van der Waals surface area contributed by atoms with E-state index in [0.29, 0.717) is 11.8 Å². The number of Topliss-reactive ketones (excluding diaryl/α,β-unsaturated/α-hetero) is 1. The molecule has 0 radical (unpaired) electrons. The molecule has 0 spiro atoms. The van der Waals surface area contributed by atoms with Crippen LogP contribution in [0.3, 0.4) is 0 Å². The molecule has 2 unspecified atom stereocenters. The SMILES string of the molecule is CCC(=O)c1ccc(C23CNCC2C3)cc1. The van der Waals surface area contributed by atoms with Crippen LogP contribution in [-0.2, 0) is 5.41 Å². The van der Waals surface area contributed by atoms with Gasteiger partial charge in [-0.3, -0.25) is 4.79 Å². The van der Waals surface area contributed by atoms with E-state index in [1.165, 1.54) is 12.0 Å². The first-order valence-electron chi connectivity index (χ1n) is 6.11. The number of ketones is 1. The quantitative estimate of drug-likeness (QED) is 0.783. The average Bonchev–Trinajstić information content (AvgIpc) is 2.91. The molecule has 2 atom stereocenters. The van der Waals surface area contributed by atoms with E-state index >= 15 is 0 Å². The fourth-order valence-corrected chi connectivity index (χ4v) is 2.98. The molecule has 84 valence electrons. The number of fused-ring (bicyclic) bond motifs is 1. The molecule has 1 aromatic carbocycles. The third-order valence-corrected chi connectivity index (χ3v) is 4.17. The Bertz CT molecular complexity index is 423. The maximum absolute atomic E-state index is 11.5. The first-order chi connectivity index (χ1) is 7.76. The number of rotatable bonds is 3. The molecule has 16 heavy (non-hydrogen) atoms. The predicted molar refractivity (Wildman–Crippen MR) is 63.7 cm³/mol.